The second-order valence-electron chi connectivity index (χ2n) is 8.82. The van der Waals surface area contributed by atoms with Gasteiger partial charge in [0, 0.05) is 18.1 Å². The minimum atomic E-state index is -4.45. The van der Waals surface area contributed by atoms with Crippen LogP contribution in [0.5, 0.6) is 5.75 Å². The van der Waals surface area contributed by atoms with Crippen molar-refractivity contribution >= 4 is 23.2 Å². The predicted octanol–water partition coefficient (Wildman–Crippen LogP) is 5.63. The Kier molecular flexibility index (Phi) is 7.00. The number of amides is 1. The van der Waals surface area contributed by atoms with Crippen molar-refractivity contribution in [2.45, 2.75) is 25.2 Å². The van der Waals surface area contributed by atoms with Gasteiger partial charge in [-0.2, -0.15) is 13.2 Å². The zero-order chi connectivity index (χ0) is 26.9. The topological polar surface area (TPSA) is 85.5 Å². The fraction of sp³-hybridized carbons (Fsp3) is 0.179. The van der Waals surface area contributed by atoms with E-state index in [0.29, 0.717) is 36.4 Å². The third-order valence-corrected chi connectivity index (χ3v) is 7.18. The average molecular weight is 538 g/mol. The number of carbonyl (C=O) groups is 2. The highest BCUT2D eigenvalue weighted by Gasteiger charge is 2.33. The molecule has 2 heterocycles. The van der Waals surface area contributed by atoms with E-state index in [-0.39, 0.29) is 5.56 Å². The Balaban J connectivity index is 1.37. The van der Waals surface area contributed by atoms with Crippen molar-refractivity contribution in [3.63, 3.8) is 0 Å². The number of hydrogen-bond acceptors (Lipinski definition) is 6. The molecule has 1 aromatic heterocycles. The van der Waals surface area contributed by atoms with Gasteiger partial charge in [0.1, 0.15) is 16.8 Å². The van der Waals surface area contributed by atoms with E-state index < -0.39 is 29.7 Å². The summed E-state index contributed by atoms with van der Waals surface area (Å²) in [6.07, 6.45) is -2.11. The minimum Gasteiger partial charge on any atom is -0.423 e. The molecule has 1 unspecified atom stereocenters. The lowest BCUT2D eigenvalue weighted by atomic mass is 9.92. The maximum atomic E-state index is 13.1. The zero-order valence-electron chi connectivity index (χ0n) is 19.9. The Labute approximate surface area is 220 Å². The number of primary amides is 1. The van der Waals surface area contributed by atoms with Crippen LogP contribution in [-0.2, 0) is 23.9 Å². The zero-order valence-corrected chi connectivity index (χ0v) is 20.8. The number of nitrogens with two attached hydrogens (primary N) is 1. The van der Waals surface area contributed by atoms with Gasteiger partial charge in [0.2, 0.25) is 5.91 Å². The van der Waals surface area contributed by atoms with Gasteiger partial charge < -0.3 is 10.5 Å². The highest BCUT2D eigenvalue weighted by molar-refractivity contribution is 7.09. The summed E-state index contributed by atoms with van der Waals surface area (Å²) in [5, 5.41) is 2.76. The van der Waals surface area contributed by atoms with Crippen LogP contribution in [0.25, 0.3) is 11.1 Å². The molecule has 3 aromatic carbocycles. The van der Waals surface area contributed by atoms with E-state index in [1.54, 1.807) is 48.7 Å². The second-order valence-corrected chi connectivity index (χ2v) is 9.80. The molecule has 6 nitrogen and oxygen atoms in total. The smallest absolute Gasteiger partial charge is 0.416 e. The number of carbonyl (C=O) groups excluding carboxylic acids is 2. The number of hydrogen-bond donors (Lipinski definition) is 1. The third kappa shape index (κ3) is 5.32. The molecule has 0 bridgehead atoms. The van der Waals surface area contributed by atoms with E-state index in [1.165, 1.54) is 23.5 Å². The maximum Gasteiger partial charge on any atom is 0.416 e. The lowest BCUT2D eigenvalue weighted by Gasteiger charge is -2.35. The van der Waals surface area contributed by atoms with Gasteiger partial charge in [0.25, 0.3) is 0 Å². The summed E-state index contributed by atoms with van der Waals surface area (Å²) in [5.74, 6) is -0.821. The first-order valence-electron chi connectivity index (χ1n) is 11.7. The highest BCUT2D eigenvalue weighted by Crippen LogP contribution is 2.35. The number of fused-ring (bicyclic) bond motifs is 1. The van der Waals surface area contributed by atoms with Crippen LogP contribution in [0.3, 0.4) is 0 Å². The first kappa shape index (κ1) is 25.6. The van der Waals surface area contributed by atoms with Gasteiger partial charge in [0.15, 0.2) is 0 Å². The summed E-state index contributed by atoms with van der Waals surface area (Å²) in [6.45, 7) is 1.08. The summed E-state index contributed by atoms with van der Waals surface area (Å²) in [5.41, 5.74) is 7.72. The lowest BCUT2D eigenvalue weighted by molar-refractivity contribution is -0.137. The predicted molar refractivity (Wildman–Crippen MR) is 136 cm³/mol. The number of alkyl halides is 3. The second kappa shape index (κ2) is 10.4. The molecule has 4 aromatic rings. The molecule has 0 saturated heterocycles. The van der Waals surface area contributed by atoms with Crippen LogP contribution >= 0.6 is 11.3 Å². The molecule has 38 heavy (non-hydrogen) atoms. The molecule has 0 saturated carbocycles. The van der Waals surface area contributed by atoms with Crippen LogP contribution in [0, 0.1) is 0 Å². The minimum absolute atomic E-state index is 0.217. The van der Waals surface area contributed by atoms with E-state index in [4.69, 9.17) is 10.5 Å². The number of rotatable bonds is 6. The summed E-state index contributed by atoms with van der Waals surface area (Å²) in [7, 11) is 0. The molecule has 0 aliphatic carbocycles. The third-order valence-electron chi connectivity index (χ3n) is 6.41. The standard InChI is InChI=1S/C28H22F3N3O3S/c29-28(30,31)19-7-5-17(6-8-19)21-3-1-2-4-23(21)27(36)37-20-9-10-22-18(15-20)11-13-34(25(22)26(32)35)16-24-33-12-14-38-24/h1-10,12,14-15,25H,11,13,16H2,(H2,32,35). The Morgan fingerprint density at radius 1 is 1.08 bits per heavy atom. The largest absolute Gasteiger partial charge is 0.423 e. The molecule has 194 valence electrons. The van der Waals surface area contributed by atoms with Crippen molar-refractivity contribution < 1.29 is 27.5 Å². The summed E-state index contributed by atoms with van der Waals surface area (Å²) in [4.78, 5) is 31.8. The van der Waals surface area contributed by atoms with E-state index in [0.717, 1.165) is 28.3 Å². The lowest BCUT2D eigenvalue weighted by Crippen LogP contribution is -2.42. The molecule has 1 amide bonds. The Hall–Kier alpha value is -4.02. The van der Waals surface area contributed by atoms with Crippen molar-refractivity contribution in [2.75, 3.05) is 6.54 Å². The Morgan fingerprint density at radius 3 is 2.53 bits per heavy atom. The molecule has 1 atom stereocenters. The molecule has 0 radical (unpaired) electrons. The number of nitrogens with zero attached hydrogens (tertiary/aromatic N) is 2. The summed E-state index contributed by atoms with van der Waals surface area (Å²) in [6, 6.07) is 15.6. The molecule has 10 heteroatoms. The van der Waals surface area contributed by atoms with Crippen molar-refractivity contribution in [1.82, 2.24) is 9.88 Å². The quantitative estimate of drug-likeness (QED) is 0.254. The van der Waals surface area contributed by atoms with Gasteiger partial charge in [-0.15, -0.1) is 11.3 Å². The van der Waals surface area contributed by atoms with E-state index in [9.17, 15) is 22.8 Å². The fourth-order valence-corrected chi connectivity index (χ4v) is 5.28. The molecule has 5 rings (SSSR count). The summed E-state index contributed by atoms with van der Waals surface area (Å²) < 4.78 is 44.5. The van der Waals surface area contributed by atoms with Crippen LogP contribution < -0.4 is 10.5 Å². The van der Waals surface area contributed by atoms with E-state index in [1.807, 2.05) is 10.3 Å². The Bertz CT molecular complexity index is 1470. The molecule has 0 spiro atoms. The number of esters is 1. The molecular formula is C28H22F3N3O3S. The first-order valence-corrected chi connectivity index (χ1v) is 12.6. The molecular weight excluding hydrogens is 515 g/mol. The van der Waals surface area contributed by atoms with Gasteiger partial charge in [-0.25, -0.2) is 9.78 Å². The SMILES string of the molecule is NC(=O)C1c2ccc(OC(=O)c3ccccc3-c3ccc(C(F)(F)F)cc3)cc2CCN1Cc1nccs1. The van der Waals surface area contributed by atoms with Gasteiger partial charge in [-0.1, -0.05) is 36.4 Å². The first-order chi connectivity index (χ1) is 18.2. The number of halogens is 3. The van der Waals surface area contributed by atoms with Crippen LogP contribution in [0.4, 0.5) is 13.2 Å². The number of aromatic nitrogens is 1. The van der Waals surface area contributed by atoms with Gasteiger partial charge in [0.05, 0.1) is 17.7 Å². The number of ether oxygens (including phenoxy) is 1. The average Bonchev–Trinajstić information content (AvgIpc) is 3.41. The summed E-state index contributed by atoms with van der Waals surface area (Å²) >= 11 is 1.51. The highest BCUT2D eigenvalue weighted by atomic mass is 32.1. The van der Waals surface area contributed by atoms with Gasteiger partial charge in [-0.3, -0.25) is 9.69 Å². The van der Waals surface area contributed by atoms with E-state index >= 15 is 0 Å². The molecule has 0 fully saturated rings. The van der Waals surface area contributed by atoms with Crippen molar-refractivity contribution in [1.29, 1.82) is 0 Å². The van der Waals surface area contributed by atoms with Crippen LogP contribution in [0.15, 0.2) is 78.3 Å². The molecule has 1 aliphatic heterocycles. The molecule has 2 N–H and O–H groups in total. The van der Waals surface area contributed by atoms with Gasteiger partial charge in [-0.05, 0) is 59.0 Å². The van der Waals surface area contributed by atoms with E-state index in [2.05, 4.69) is 4.98 Å². The number of thiazole rings is 1. The van der Waals surface area contributed by atoms with Crippen LogP contribution in [-0.4, -0.2) is 28.3 Å². The molecule has 1 aliphatic rings. The van der Waals surface area contributed by atoms with Crippen molar-refractivity contribution in [3.8, 4) is 16.9 Å². The Morgan fingerprint density at radius 2 is 1.84 bits per heavy atom. The maximum absolute atomic E-state index is 13.1. The number of benzene rings is 3. The van der Waals surface area contributed by atoms with Gasteiger partial charge >= 0.3 is 12.1 Å². The monoisotopic (exact) mass is 537 g/mol. The normalized spacial score (nSPS) is 15.6. The van der Waals surface area contributed by atoms with Crippen molar-refractivity contribution in [2.24, 2.45) is 5.73 Å². The van der Waals surface area contributed by atoms with Crippen LogP contribution in [0.1, 0.15) is 38.1 Å². The van der Waals surface area contributed by atoms with Crippen LogP contribution in [0.2, 0.25) is 0 Å². The fourth-order valence-electron chi connectivity index (χ4n) is 4.64. The van der Waals surface area contributed by atoms with Crippen molar-refractivity contribution in [3.05, 3.63) is 106 Å².